The van der Waals surface area contributed by atoms with Crippen molar-refractivity contribution in [2.75, 3.05) is 0 Å². The van der Waals surface area contributed by atoms with Crippen LogP contribution < -0.4 is 0 Å². The quantitative estimate of drug-likeness (QED) is 0.194. The van der Waals surface area contributed by atoms with Crippen molar-refractivity contribution in [1.82, 2.24) is 9.97 Å². The van der Waals surface area contributed by atoms with E-state index in [1.807, 2.05) is 30.5 Å². The van der Waals surface area contributed by atoms with E-state index in [1.165, 1.54) is 33.4 Å². The molecule has 0 amide bonds. The summed E-state index contributed by atoms with van der Waals surface area (Å²) in [5.41, 5.74) is 14.7. The summed E-state index contributed by atoms with van der Waals surface area (Å²) in [6.07, 6.45) is 1.92. The number of aromatic hydroxyl groups is 1. The van der Waals surface area contributed by atoms with Gasteiger partial charge in [0.15, 0.2) is 5.58 Å². The highest BCUT2D eigenvalue weighted by Gasteiger charge is 2.48. The Morgan fingerprint density at radius 2 is 1.12 bits per heavy atom. The van der Waals surface area contributed by atoms with Crippen LogP contribution in [0.3, 0.4) is 0 Å². The number of phenols is 1. The number of para-hydroxylation sites is 1. The summed E-state index contributed by atoms with van der Waals surface area (Å²) in [5, 5.41) is 11.8. The Bertz CT molecular complexity index is 2610. The maximum Gasteiger partial charge on any atom is 0.231 e. The molecule has 4 heteroatoms. The molecular formula is C53H56N2O2. The molecular weight excluding hydrogens is 697 g/mol. The normalized spacial score (nSPS) is 14.2. The molecule has 1 N–H and O–H groups in total. The minimum absolute atomic E-state index is 0.0126. The Morgan fingerprint density at radius 3 is 1.68 bits per heavy atom. The maximum atomic E-state index is 11.8. The van der Waals surface area contributed by atoms with Crippen LogP contribution >= 0.6 is 0 Å². The summed E-state index contributed by atoms with van der Waals surface area (Å²) in [5.74, 6) is 0.626. The molecule has 0 unspecified atom stereocenters. The minimum atomic E-state index is -0.666. The Morgan fingerprint density at radius 1 is 0.526 bits per heavy atom. The van der Waals surface area contributed by atoms with Gasteiger partial charge in [0.2, 0.25) is 5.89 Å². The average Bonchev–Trinajstić information content (AvgIpc) is 3.71. The zero-order valence-electron chi connectivity index (χ0n) is 35.7. The number of pyridine rings is 1. The number of rotatable bonds is 4. The summed E-state index contributed by atoms with van der Waals surface area (Å²) < 4.78 is 6.54. The third-order valence-corrected chi connectivity index (χ3v) is 12.0. The third kappa shape index (κ3) is 6.38. The highest BCUT2D eigenvalue weighted by atomic mass is 16.3. The van der Waals surface area contributed by atoms with Gasteiger partial charge >= 0.3 is 0 Å². The van der Waals surface area contributed by atoms with Crippen molar-refractivity contribution in [2.24, 2.45) is 0 Å². The SMILES string of the molecule is CC(C)(C)c1ccc2c(c1)-c1cc(C(C)(C)C)ccc1C2(c1cccc(-c2cccc3oc(-c4cc(C(C)(C)C)cc(C(C)(C)C)c4O)nc23)c1)c1ccccn1. The number of hydrogen-bond acceptors (Lipinski definition) is 4. The number of hydrogen-bond donors (Lipinski definition) is 1. The summed E-state index contributed by atoms with van der Waals surface area (Å²) in [7, 11) is 0. The molecule has 4 nitrogen and oxygen atoms in total. The van der Waals surface area contributed by atoms with Gasteiger partial charge in [-0.05, 0) is 102 Å². The summed E-state index contributed by atoms with van der Waals surface area (Å²) >= 11 is 0. The monoisotopic (exact) mass is 752 g/mol. The molecule has 57 heavy (non-hydrogen) atoms. The van der Waals surface area contributed by atoms with Crippen LogP contribution in [0.1, 0.15) is 128 Å². The zero-order valence-corrected chi connectivity index (χ0v) is 35.7. The van der Waals surface area contributed by atoms with Gasteiger partial charge in [-0.25, -0.2) is 4.98 Å². The molecule has 0 aliphatic heterocycles. The standard InChI is InChI=1S/C53H56N2O2/c1-49(2,3)33-22-24-41-38(28-33)39-29-34(50(4,5)6)23-25-42(39)53(41,45-21-13-14-26-54-45)35-18-15-17-32(27-35)37-19-16-20-44-46(37)55-48(57-44)40-30-36(51(7,8)9)31-43(47(40)56)52(10,11)12/h13-31,56H,1-12H3. The van der Waals surface area contributed by atoms with Gasteiger partial charge < -0.3 is 9.52 Å². The molecule has 0 atom stereocenters. The van der Waals surface area contributed by atoms with Gasteiger partial charge in [-0.2, -0.15) is 0 Å². The van der Waals surface area contributed by atoms with Gasteiger partial charge in [0.25, 0.3) is 0 Å². The van der Waals surface area contributed by atoms with E-state index in [1.54, 1.807) is 0 Å². The van der Waals surface area contributed by atoms with Gasteiger partial charge in [-0.1, -0.05) is 162 Å². The lowest BCUT2D eigenvalue weighted by Crippen LogP contribution is -2.30. The molecule has 7 aromatic rings. The van der Waals surface area contributed by atoms with E-state index in [4.69, 9.17) is 14.4 Å². The number of aromatic nitrogens is 2. The van der Waals surface area contributed by atoms with E-state index in [0.29, 0.717) is 17.0 Å². The van der Waals surface area contributed by atoms with Crippen LogP contribution in [0.15, 0.2) is 120 Å². The molecule has 2 aromatic heterocycles. The fourth-order valence-electron chi connectivity index (χ4n) is 8.60. The molecule has 0 bridgehead atoms. The molecule has 2 heterocycles. The molecule has 0 fully saturated rings. The average molecular weight is 753 g/mol. The minimum Gasteiger partial charge on any atom is -0.507 e. The van der Waals surface area contributed by atoms with Crippen molar-refractivity contribution >= 4 is 11.1 Å². The van der Waals surface area contributed by atoms with Crippen LogP contribution in [0.4, 0.5) is 0 Å². The van der Waals surface area contributed by atoms with E-state index < -0.39 is 5.41 Å². The van der Waals surface area contributed by atoms with Gasteiger partial charge in [-0.15, -0.1) is 0 Å². The van der Waals surface area contributed by atoms with Crippen molar-refractivity contribution in [3.05, 3.63) is 160 Å². The van der Waals surface area contributed by atoms with Crippen LogP contribution in [-0.4, -0.2) is 15.1 Å². The molecule has 1 aliphatic rings. The molecule has 8 rings (SSSR count). The molecule has 0 saturated carbocycles. The molecule has 0 saturated heterocycles. The van der Waals surface area contributed by atoms with E-state index in [0.717, 1.165) is 39.0 Å². The first kappa shape index (κ1) is 38.4. The Balaban J connectivity index is 1.37. The van der Waals surface area contributed by atoms with E-state index in [9.17, 15) is 5.11 Å². The largest absolute Gasteiger partial charge is 0.507 e. The second kappa shape index (κ2) is 13.0. The zero-order chi connectivity index (χ0) is 40.9. The van der Waals surface area contributed by atoms with Gasteiger partial charge in [0.05, 0.1) is 16.7 Å². The number of fused-ring (bicyclic) bond motifs is 4. The number of oxazole rings is 1. The van der Waals surface area contributed by atoms with E-state index in [2.05, 4.69) is 168 Å². The van der Waals surface area contributed by atoms with E-state index in [-0.39, 0.29) is 27.4 Å². The van der Waals surface area contributed by atoms with E-state index >= 15 is 0 Å². The van der Waals surface area contributed by atoms with Gasteiger partial charge in [-0.3, -0.25) is 4.98 Å². The van der Waals surface area contributed by atoms with Crippen molar-refractivity contribution in [1.29, 1.82) is 0 Å². The number of nitrogens with zero attached hydrogens (tertiary/aromatic N) is 2. The summed E-state index contributed by atoms with van der Waals surface area (Å²) in [6, 6.07) is 39.6. The van der Waals surface area contributed by atoms with Crippen LogP contribution in [-0.2, 0) is 27.1 Å². The Kier molecular flexibility index (Phi) is 8.78. The van der Waals surface area contributed by atoms with Crippen LogP contribution in [0.5, 0.6) is 5.75 Å². The predicted octanol–water partition coefficient (Wildman–Crippen LogP) is 13.8. The summed E-state index contributed by atoms with van der Waals surface area (Å²) in [4.78, 5) is 10.3. The first-order valence-corrected chi connectivity index (χ1v) is 20.3. The first-order valence-electron chi connectivity index (χ1n) is 20.3. The predicted molar refractivity (Wildman–Crippen MR) is 236 cm³/mol. The second-order valence-corrected chi connectivity index (χ2v) is 20.2. The second-order valence-electron chi connectivity index (χ2n) is 20.2. The molecule has 1 aliphatic carbocycles. The van der Waals surface area contributed by atoms with Crippen molar-refractivity contribution in [3.8, 4) is 39.5 Å². The Labute approximate surface area is 339 Å². The highest BCUT2D eigenvalue weighted by Crippen LogP contribution is 2.57. The fourth-order valence-corrected chi connectivity index (χ4v) is 8.60. The fraction of sp³-hybridized carbons (Fsp3) is 0.321. The molecule has 0 spiro atoms. The van der Waals surface area contributed by atoms with Gasteiger partial charge in [0, 0.05) is 17.3 Å². The van der Waals surface area contributed by atoms with Crippen molar-refractivity contribution in [2.45, 2.75) is 110 Å². The smallest absolute Gasteiger partial charge is 0.231 e. The molecule has 5 aromatic carbocycles. The highest BCUT2D eigenvalue weighted by molar-refractivity contribution is 5.93. The van der Waals surface area contributed by atoms with Gasteiger partial charge in [0.1, 0.15) is 11.3 Å². The number of benzene rings is 5. The van der Waals surface area contributed by atoms with Crippen LogP contribution in [0.25, 0.3) is 44.8 Å². The molecule has 0 radical (unpaired) electrons. The lowest BCUT2D eigenvalue weighted by atomic mass is 9.68. The lowest BCUT2D eigenvalue weighted by molar-refractivity contribution is 0.444. The van der Waals surface area contributed by atoms with Crippen molar-refractivity contribution < 1.29 is 9.52 Å². The Hall–Kier alpha value is -5.48. The maximum absolute atomic E-state index is 11.8. The van der Waals surface area contributed by atoms with Crippen molar-refractivity contribution in [3.63, 3.8) is 0 Å². The summed E-state index contributed by atoms with van der Waals surface area (Å²) in [6.45, 7) is 26.7. The lowest BCUT2D eigenvalue weighted by Gasteiger charge is -2.33. The first-order chi connectivity index (χ1) is 26.7. The third-order valence-electron chi connectivity index (χ3n) is 12.0. The topological polar surface area (TPSA) is 59.2 Å². The van der Waals surface area contributed by atoms with Crippen LogP contribution in [0, 0.1) is 0 Å². The molecule has 290 valence electrons. The van der Waals surface area contributed by atoms with Crippen LogP contribution in [0.2, 0.25) is 0 Å². The number of phenolic OH excluding ortho intramolecular Hbond substituents is 1.